The first-order valence-electron chi connectivity index (χ1n) is 6.31. The van der Waals surface area contributed by atoms with Crippen molar-refractivity contribution in [2.75, 3.05) is 0 Å². The van der Waals surface area contributed by atoms with Crippen molar-refractivity contribution < 1.29 is 0 Å². The minimum Gasteiger partial charge on any atom is -0.271 e. The second-order valence-electron chi connectivity index (χ2n) is 4.21. The average molecular weight is 200 g/mol. The highest BCUT2D eigenvalue weighted by Gasteiger charge is 2.04. The molecular weight excluding hydrogens is 172 g/mol. The molecule has 0 aromatic rings. The standard InChI is InChI=1S/C12H28N2/c1-3-5-7-9-11-12(14-13)10-8-6-4-2/h12,14H,3-11,13H2,1-2H3. The summed E-state index contributed by atoms with van der Waals surface area (Å²) >= 11 is 0. The Labute approximate surface area is 89.6 Å². The molecule has 0 aromatic carbocycles. The van der Waals surface area contributed by atoms with Gasteiger partial charge in [-0.25, -0.2) is 0 Å². The van der Waals surface area contributed by atoms with Crippen molar-refractivity contribution in [3.8, 4) is 0 Å². The molecule has 0 saturated carbocycles. The Kier molecular flexibility index (Phi) is 10.9. The van der Waals surface area contributed by atoms with E-state index in [9.17, 15) is 0 Å². The number of hydrazine groups is 1. The summed E-state index contributed by atoms with van der Waals surface area (Å²) in [6.45, 7) is 4.49. The van der Waals surface area contributed by atoms with Crippen molar-refractivity contribution in [2.24, 2.45) is 5.84 Å². The summed E-state index contributed by atoms with van der Waals surface area (Å²) in [5, 5.41) is 0. The SMILES string of the molecule is CCCCCCC(CCCCC)NN. The Morgan fingerprint density at radius 2 is 1.36 bits per heavy atom. The molecule has 1 atom stereocenters. The van der Waals surface area contributed by atoms with Crippen LogP contribution in [-0.4, -0.2) is 6.04 Å². The lowest BCUT2D eigenvalue weighted by Crippen LogP contribution is -2.34. The normalized spacial score (nSPS) is 13.1. The van der Waals surface area contributed by atoms with Gasteiger partial charge in [0.25, 0.3) is 0 Å². The average Bonchev–Trinajstić information content (AvgIpc) is 2.22. The zero-order valence-corrected chi connectivity index (χ0v) is 10.0. The van der Waals surface area contributed by atoms with E-state index in [-0.39, 0.29) is 0 Å². The van der Waals surface area contributed by atoms with Crippen molar-refractivity contribution in [3.63, 3.8) is 0 Å². The van der Waals surface area contributed by atoms with Crippen molar-refractivity contribution in [3.05, 3.63) is 0 Å². The molecule has 3 N–H and O–H groups in total. The molecular formula is C12H28N2. The summed E-state index contributed by atoms with van der Waals surface area (Å²) < 4.78 is 0. The maximum Gasteiger partial charge on any atom is 0.0210 e. The molecule has 0 rings (SSSR count). The second kappa shape index (κ2) is 11.0. The third-order valence-corrected chi connectivity index (χ3v) is 2.80. The molecule has 0 aliphatic heterocycles. The molecule has 0 amide bonds. The van der Waals surface area contributed by atoms with Crippen LogP contribution >= 0.6 is 0 Å². The van der Waals surface area contributed by atoms with Crippen LogP contribution in [0.1, 0.15) is 71.6 Å². The lowest BCUT2D eigenvalue weighted by Gasteiger charge is -2.15. The quantitative estimate of drug-likeness (QED) is 0.322. The zero-order chi connectivity index (χ0) is 10.6. The first kappa shape index (κ1) is 13.9. The summed E-state index contributed by atoms with van der Waals surface area (Å²) in [6, 6.07) is 0.554. The molecule has 0 heterocycles. The Morgan fingerprint density at radius 3 is 1.86 bits per heavy atom. The van der Waals surface area contributed by atoms with Crippen LogP contribution in [0, 0.1) is 0 Å². The zero-order valence-electron chi connectivity index (χ0n) is 10.0. The Balaban J connectivity index is 3.28. The maximum atomic E-state index is 5.52. The van der Waals surface area contributed by atoms with Gasteiger partial charge in [-0.2, -0.15) is 0 Å². The molecule has 0 saturated heterocycles. The van der Waals surface area contributed by atoms with E-state index in [4.69, 9.17) is 5.84 Å². The van der Waals surface area contributed by atoms with Crippen molar-refractivity contribution in [1.82, 2.24) is 5.43 Å². The first-order chi connectivity index (χ1) is 6.85. The summed E-state index contributed by atoms with van der Waals surface area (Å²) in [7, 11) is 0. The van der Waals surface area contributed by atoms with Gasteiger partial charge in [0.05, 0.1) is 0 Å². The maximum absolute atomic E-state index is 5.52. The van der Waals surface area contributed by atoms with E-state index in [0.29, 0.717) is 6.04 Å². The minimum atomic E-state index is 0.554. The number of unbranched alkanes of at least 4 members (excludes halogenated alkanes) is 5. The topological polar surface area (TPSA) is 38.0 Å². The fourth-order valence-corrected chi connectivity index (χ4v) is 1.77. The number of rotatable bonds is 10. The fraction of sp³-hybridized carbons (Fsp3) is 1.00. The van der Waals surface area contributed by atoms with E-state index < -0.39 is 0 Å². The van der Waals surface area contributed by atoms with E-state index in [1.165, 1.54) is 57.8 Å². The molecule has 0 aliphatic carbocycles. The van der Waals surface area contributed by atoms with Gasteiger partial charge >= 0.3 is 0 Å². The van der Waals surface area contributed by atoms with E-state index in [1.807, 2.05) is 0 Å². The molecule has 0 aromatic heterocycles. The molecule has 0 spiro atoms. The summed E-state index contributed by atoms with van der Waals surface area (Å²) in [4.78, 5) is 0. The van der Waals surface area contributed by atoms with Gasteiger partial charge in [0.15, 0.2) is 0 Å². The van der Waals surface area contributed by atoms with Crippen LogP contribution in [0.3, 0.4) is 0 Å². The number of nitrogens with two attached hydrogens (primary N) is 1. The van der Waals surface area contributed by atoms with Crippen molar-refractivity contribution >= 4 is 0 Å². The van der Waals surface area contributed by atoms with E-state index in [2.05, 4.69) is 19.3 Å². The first-order valence-corrected chi connectivity index (χ1v) is 6.31. The van der Waals surface area contributed by atoms with Crippen LogP contribution in [0.15, 0.2) is 0 Å². The molecule has 2 heteroatoms. The summed E-state index contributed by atoms with van der Waals surface area (Å²) in [6.07, 6.45) is 11.8. The number of nitrogens with one attached hydrogen (secondary N) is 1. The molecule has 86 valence electrons. The highest BCUT2D eigenvalue weighted by Crippen LogP contribution is 2.10. The van der Waals surface area contributed by atoms with Crippen LogP contribution < -0.4 is 11.3 Å². The number of hydrogen-bond donors (Lipinski definition) is 2. The van der Waals surface area contributed by atoms with Crippen LogP contribution in [0.4, 0.5) is 0 Å². The molecule has 0 radical (unpaired) electrons. The van der Waals surface area contributed by atoms with Crippen molar-refractivity contribution in [1.29, 1.82) is 0 Å². The molecule has 1 unspecified atom stereocenters. The molecule has 2 nitrogen and oxygen atoms in total. The summed E-state index contributed by atoms with van der Waals surface area (Å²) in [5.74, 6) is 5.52. The van der Waals surface area contributed by atoms with Gasteiger partial charge < -0.3 is 0 Å². The van der Waals surface area contributed by atoms with E-state index >= 15 is 0 Å². The third kappa shape index (κ3) is 8.52. The lowest BCUT2D eigenvalue weighted by atomic mass is 10.0. The highest BCUT2D eigenvalue weighted by atomic mass is 15.2. The molecule has 0 bridgehead atoms. The van der Waals surface area contributed by atoms with Gasteiger partial charge in [-0.05, 0) is 12.8 Å². The Hall–Kier alpha value is -0.0800. The van der Waals surface area contributed by atoms with Gasteiger partial charge in [-0.3, -0.25) is 11.3 Å². The van der Waals surface area contributed by atoms with Crippen LogP contribution in [0.5, 0.6) is 0 Å². The van der Waals surface area contributed by atoms with Crippen molar-refractivity contribution in [2.45, 2.75) is 77.7 Å². The van der Waals surface area contributed by atoms with E-state index in [0.717, 1.165) is 0 Å². The van der Waals surface area contributed by atoms with Gasteiger partial charge in [-0.1, -0.05) is 58.8 Å². The lowest BCUT2D eigenvalue weighted by molar-refractivity contribution is 0.424. The largest absolute Gasteiger partial charge is 0.271 e. The predicted octanol–water partition coefficient (Wildman–Crippen LogP) is 3.37. The third-order valence-electron chi connectivity index (χ3n) is 2.80. The Bertz CT molecular complexity index is 104. The minimum absolute atomic E-state index is 0.554. The molecule has 0 aliphatic rings. The molecule has 0 fully saturated rings. The number of hydrogen-bond acceptors (Lipinski definition) is 2. The Morgan fingerprint density at radius 1 is 0.857 bits per heavy atom. The van der Waals surface area contributed by atoms with Crippen LogP contribution in [0.25, 0.3) is 0 Å². The van der Waals surface area contributed by atoms with Gasteiger partial charge in [-0.15, -0.1) is 0 Å². The fourth-order valence-electron chi connectivity index (χ4n) is 1.77. The predicted molar refractivity (Wildman–Crippen MR) is 64.0 cm³/mol. The monoisotopic (exact) mass is 200 g/mol. The van der Waals surface area contributed by atoms with Gasteiger partial charge in [0.1, 0.15) is 0 Å². The van der Waals surface area contributed by atoms with Gasteiger partial charge in [0, 0.05) is 6.04 Å². The van der Waals surface area contributed by atoms with Crippen LogP contribution in [0.2, 0.25) is 0 Å². The van der Waals surface area contributed by atoms with Gasteiger partial charge in [0.2, 0.25) is 0 Å². The van der Waals surface area contributed by atoms with E-state index in [1.54, 1.807) is 0 Å². The second-order valence-corrected chi connectivity index (χ2v) is 4.21. The highest BCUT2D eigenvalue weighted by molar-refractivity contribution is 4.63. The molecule has 14 heavy (non-hydrogen) atoms. The summed E-state index contributed by atoms with van der Waals surface area (Å²) in [5.41, 5.74) is 2.94. The smallest absolute Gasteiger partial charge is 0.0210 e. The van der Waals surface area contributed by atoms with Crippen LogP contribution in [-0.2, 0) is 0 Å².